The molecule has 1 amide bonds. The van der Waals surface area contributed by atoms with Crippen LogP contribution in [0.3, 0.4) is 0 Å². The van der Waals surface area contributed by atoms with E-state index in [1.54, 1.807) is 0 Å². The molecule has 0 bridgehead atoms. The summed E-state index contributed by atoms with van der Waals surface area (Å²) in [6.45, 7) is 8.50. The summed E-state index contributed by atoms with van der Waals surface area (Å²) in [6, 6.07) is 8.31. The van der Waals surface area contributed by atoms with E-state index in [-0.39, 0.29) is 16.7 Å². The van der Waals surface area contributed by atoms with Crippen LogP contribution in [0.2, 0.25) is 0 Å². The third-order valence-electron chi connectivity index (χ3n) is 4.72. The van der Waals surface area contributed by atoms with Gasteiger partial charge < -0.3 is 10.3 Å². The van der Waals surface area contributed by atoms with E-state index >= 15 is 0 Å². The van der Waals surface area contributed by atoms with E-state index in [1.807, 2.05) is 26.8 Å². The SMILES string of the molecule is Cc1cccc(CCNC(=O)C(C)SCc2nc3sc(C)c(C)c3c(=O)[nH]2)c1. The molecule has 7 heteroatoms. The Labute approximate surface area is 173 Å². The van der Waals surface area contributed by atoms with Crippen LogP contribution in [0, 0.1) is 20.8 Å². The van der Waals surface area contributed by atoms with Gasteiger partial charge in [0.25, 0.3) is 5.56 Å². The van der Waals surface area contributed by atoms with Gasteiger partial charge in [-0.1, -0.05) is 29.8 Å². The number of nitrogens with one attached hydrogen (secondary N) is 2. The van der Waals surface area contributed by atoms with Crippen molar-refractivity contribution in [3.05, 3.63) is 62.0 Å². The van der Waals surface area contributed by atoms with E-state index in [0.29, 0.717) is 23.5 Å². The van der Waals surface area contributed by atoms with E-state index < -0.39 is 0 Å². The lowest BCUT2D eigenvalue weighted by molar-refractivity contribution is -0.120. The maximum atomic E-state index is 12.3. The van der Waals surface area contributed by atoms with Crippen LogP contribution < -0.4 is 10.9 Å². The second-order valence-electron chi connectivity index (χ2n) is 6.96. The number of aromatic amines is 1. The highest BCUT2D eigenvalue weighted by atomic mass is 32.2. The molecule has 0 saturated carbocycles. The number of hydrogen-bond donors (Lipinski definition) is 2. The number of carbonyl (C=O) groups excluding carboxylic acids is 1. The molecule has 2 heterocycles. The van der Waals surface area contributed by atoms with Crippen molar-refractivity contribution >= 4 is 39.2 Å². The first-order chi connectivity index (χ1) is 13.3. The van der Waals surface area contributed by atoms with Crippen molar-refractivity contribution in [2.24, 2.45) is 0 Å². The molecule has 1 unspecified atom stereocenters. The van der Waals surface area contributed by atoms with Gasteiger partial charge in [0, 0.05) is 11.4 Å². The monoisotopic (exact) mass is 415 g/mol. The lowest BCUT2D eigenvalue weighted by Crippen LogP contribution is -2.32. The molecule has 0 aliphatic carbocycles. The number of hydrogen-bond acceptors (Lipinski definition) is 5. The Balaban J connectivity index is 1.53. The van der Waals surface area contributed by atoms with Gasteiger partial charge in [-0.05, 0) is 45.2 Å². The minimum absolute atomic E-state index is 0.00360. The van der Waals surface area contributed by atoms with Crippen molar-refractivity contribution in [1.29, 1.82) is 0 Å². The Morgan fingerprint density at radius 1 is 1.32 bits per heavy atom. The van der Waals surface area contributed by atoms with Crippen molar-refractivity contribution in [2.75, 3.05) is 6.54 Å². The van der Waals surface area contributed by atoms with Crippen LogP contribution in [0.4, 0.5) is 0 Å². The molecule has 1 aromatic carbocycles. The third-order valence-corrected chi connectivity index (χ3v) is 6.98. The highest BCUT2D eigenvalue weighted by Crippen LogP contribution is 2.26. The quantitative estimate of drug-likeness (QED) is 0.614. The molecule has 3 rings (SSSR count). The molecule has 2 aromatic heterocycles. The fraction of sp³-hybridized carbons (Fsp3) is 0.381. The molecule has 0 saturated heterocycles. The summed E-state index contributed by atoms with van der Waals surface area (Å²) < 4.78 is 0. The number of benzene rings is 1. The zero-order valence-corrected chi connectivity index (χ0v) is 18.2. The Morgan fingerprint density at radius 3 is 2.86 bits per heavy atom. The zero-order valence-electron chi connectivity index (χ0n) is 16.6. The average molecular weight is 416 g/mol. The average Bonchev–Trinajstić information content (AvgIpc) is 2.94. The van der Waals surface area contributed by atoms with Crippen molar-refractivity contribution in [3.8, 4) is 0 Å². The van der Waals surface area contributed by atoms with Gasteiger partial charge >= 0.3 is 0 Å². The number of rotatable bonds is 7. The molecule has 0 spiro atoms. The van der Waals surface area contributed by atoms with Gasteiger partial charge in [-0.15, -0.1) is 23.1 Å². The van der Waals surface area contributed by atoms with Crippen LogP contribution in [0.25, 0.3) is 10.2 Å². The highest BCUT2D eigenvalue weighted by molar-refractivity contribution is 7.99. The first-order valence-electron chi connectivity index (χ1n) is 9.29. The maximum Gasteiger partial charge on any atom is 0.259 e. The predicted octanol–water partition coefficient (Wildman–Crippen LogP) is 3.89. The van der Waals surface area contributed by atoms with E-state index in [0.717, 1.165) is 21.7 Å². The first-order valence-corrected chi connectivity index (χ1v) is 11.2. The number of H-pyrrole nitrogens is 1. The Bertz CT molecular complexity index is 1060. The fourth-order valence-electron chi connectivity index (χ4n) is 2.99. The molecule has 148 valence electrons. The number of aryl methyl sites for hydroxylation is 3. The largest absolute Gasteiger partial charge is 0.355 e. The van der Waals surface area contributed by atoms with Crippen molar-refractivity contribution in [1.82, 2.24) is 15.3 Å². The topological polar surface area (TPSA) is 74.8 Å². The lowest BCUT2D eigenvalue weighted by Gasteiger charge is -2.12. The number of thiophene rings is 1. The molecule has 0 aliphatic rings. The van der Waals surface area contributed by atoms with E-state index in [2.05, 4.69) is 40.4 Å². The molecule has 28 heavy (non-hydrogen) atoms. The summed E-state index contributed by atoms with van der Waals surface area (Å²) in [5.41, 5.74) is 3.34. The van der Waals surface area contributed by atoms with Crippen LogP contribution in [-0.2, 0) is 17.0 Å². The van der Waals surface area contributed by atoms with E-state index in [9.17, 15) is 9.59 Å². The Hall–Kier alpha value is -2.12. The second-order valence-corrected chi connectivity index (χ2v) is 9.49. The first kappa shape index (κ1) is 20.6. The molecule has 0 fully saturated rings. The number of carbonyl (C=O) groups is 1. The molecular weight excluding hydrogens is 390 g/mol. The molecule has 3 aromatic rings. The van der Waals surface area contributed by atoms with Gasteiger partial charge in [0.1, 0.15) is 10.7 Å². The molecule has 1 atom stereocenters. The minimum atomic E-state index is -0.217. The summed E-state index contributed by atoms with van der Waals surface area (Å²) >= 11 is 3.01. The summed E-state index contributed by atoms with van der Waals surface area (Å²) in [7, 11) is 0. The van der Waals surface area contributed by atoms with Crippen LogP contribution in [0.5, 0.6) is 0 Å². The van der Waals surface area contributed by atoms with Crippen LogP contribution >= 0.6 is 23.1 Å². The molecule has 0 radical (unpaired) electrons. The number of fused-ring (bicyclic) bond motifs is 1. The van der Waals surface area contributed by atoms with Crippen molar-refractivity contribution < 1.29 is 4.79 Å². The van der Waals surface area contributed by atoms with E-state index in [1.165, 1.54) is 34.2 Å². The predicted molar refractivity (Wildman–Crippen MR) is 118 cm³/mol. The summed E-state index contributed by atoms with van der Waals surface area (Å²) in [5.74, 6) is 1.11. The summed E-state index contributed by atoms with van der Waals surface area (Å²) in [5, 5.41) is 3.45. The molecule has 0 aliphatic heterocycles. The molecule has 2 N–H and O–H groups in total. The Kier molecular flexibility index (Phi) is 6.57. The maximum absolute atomic E-state index is 12.3. The summed E-state index contributed by atoms with van der Waals surface area (Å²) in [4.78, 5) is 34.0. The molecular formula is C21H25N3O2S2. The van der Waals surface area contributed by atoms with E-state index in [4.69, 9.17) is 0 Å². The number of aromatic nitrogens is 2. The third kappa shape index (κ3) is 4.83. The summed E-state index contributed by atoms with van der Waals surface area (Å²) in [6.07, 6.45) is 0.813. The second kappa shape index (κ2) is 8.92. The minimum Gasteiger partial charge on any atom is -0.355 e. The number of nitrogens with zero attached hydrogens (tertiary/aromatic N) is 1. The molecule has 5 nitrogen and oxygen atoms in total. The van der Waals surface area contributed by atoms with Gasteiger partial charge in [0.2, 0.25) is 5.91 Å². The highest BCUT2D eigenvalue weighted by Gasteiger charge is 2.16. The normalized spacial score (nSPS) is 12.3. The van der Waals surface area contributed by atoms with Gasteiger partial charge in [-0.2, -0.15) is 0 Å². The van der Waals surface area contributed by atoms with Crippen LogP contribution in [-0.4, -0.2) is 27.7 Å². The standard InChI is InChI=1S/C21H25N3O2S2/c1-12-6-5-7-16(10-12)8-9-22-19(25)15(4)27-11-17-23-20(26)18-13(2)14(3)28-21(18)24-17/h5-7,10,15H,8-9,11H2,1-4H3,(H,22,25)(H,23,24,26). The van der Waals surface area contributed by atoms with Gasteiger partial charge in [0.05, 0.1) is 16.4 Å². The van der Waals surface area contributed by atoms with Crippen LogP contribution in [0.15, 0.2) is 29.1 Å². The number of amides is 1. The number of thioether (sulfide) groups is 1. The fourth-order valence-corrected chi connectivity index (χ4v) is 4.82. The smallest absolute Gasteiger partial charge is 0.259 e. The van der Waals surface area contributed by atoms with Gasteiger partial charge in [-0.25, -0.2) is 4.98 Å². The van der Waals surface area contributed by atoms with Crippen LogP contribution in [0.1, 0.15) is 34.3 Å². The van der Waals surface area contributed by atoms with Gasteiger partial charge in [-0.3, -0.25) is 9.59 Å². The lowest BCUT2D eigenvalue weighted by atomic mass is 10.1. The van der Waals surface area contributed by atoms with Gasteiger partial charge in [0.15, 0.2) is 0 Å². The van der Waals surface area contributed by atoms with Crippen molar-refractivity contribution in [2.45, 2.75) is 45.1 Å². The zero-order chi connectivity index (χ0) is 20.3. The Morgan fingerprint density at radius 2 is 2.11 bits per heavy atom. The van der Waals surface area contributed by atoms with Crippen molar-refractivity contribution in [3.63, 3.8) is 0 Å².